The van der Waals surface area contributed by atoms with Crippen molar-refractivity contribution in [3.8, 4) is 0 Å². The molecule has 0 saturated carbocycles. The van der Waals surface area contributed by atoms with Crippen molar-refractivity contribution in [3.05, 3.63) is 29.6 Å². The molecule has 3 N–H and O–H groups in total. The summed E-state index contributed by atoms with van der Waals surface area (Å²) in [7, 11) is 0. The molecule has 4 nitrogen and oxygen atoms in total. The minimum atomic E-state index is -0.189. The molecule has 17 heavy (non-hydrogen) atoms. The highest BCUT2D eigenvalue weighted by Crippen LogP contribution is 2.16. The molecule has 96 valence electrons. The minimum Gasteiger partial charge on any atom is -0.379 e. The lowest BCUT2D eigenvalue weighted by Gasteiger charge is -2.26. The molecule has 1 aliphatic rings. The van der Waals surface area contributed by atoms with Crippen LogP contribution in [0.4, 0.5) is 10.1 Å². The van der Waals surface area contributed by atoms with E-state index in [-0.39, 0.29) is 18.2 Å². The summed E-state index contributed by atoms with van der Waals surface area (Å²) in [4.78, 5) is 2.17. The summed E-state index contributed by atoms with van der Waals surface area (Å²) in [5.74, 6) is 5.11. The Morgan fingerprint density at radius 2 is 2.06 bits per heavy atom. The van der Waals surface area contributed by atoms with Gasteiger partial charge in [0.25, 0.3) is 0 Å². The number of nitrogen functional groups attached to an aromatic ring is 1. The maximum absolute atomic E-state index is 13.5. The third-order valence-electron chi connectivity index (χ3n) is 2.71. The molecule has 0 unspecified atom stereocenters. The van der Waals surface area contributed by atoms with Crippen LogP contribution in [0, 0.1) is 5.82 Å². The predicted octanol–water partition coefficient (Wildman–Crippen LogP) is 1.37. The van der Waals surface area contributed by atoms with Gasteiger partial charge in [-0.2, -0.15) is 0 Å². The van der Waals surface area contributed by atoms with Crippen molar-refractivity contribution in [2.45, 2.75) is 6.54 Å². The van der Waals surface area contributed by atoms with Crippen molar-refractivity contribution < 1.29 is 9.13 Å². The van der Waals surface area contributed by atoms with Crippen LogP contribution in [0.3, 0.4) is 0 Å². The van der Waals surface area contributed by atoms with Gasteiger partial charge in [-0.15, -0.1) is 12.4 Å². The zero-order valence-electron chi connectivity index (χ0n) is 9.49. The smallest absolute Gasteiger partial charge is 0.127 e. The second-order valence-electron chi connectivity index (χ2n) is 3.84. The molecule has 0 spiro atoms. The van der Waals surface area contributed by atoms with E-state index in [9.17, 15) is 4.39 Å². The summed E-state index contributed by atoms with van der Waals surface area (Å²) in [5, 5.41) is 0. The van der Waals surface area contributed by atoms with Gasteiger partial charge in [0.05, 0.1) is 13.2 Å². The Kier molecular flexibility index (Phi) is 5.64. The van der Waals surface area contributed by atoms with Crippen LogP contribution in [0.5, 0.6) is 0 Å². The molecule has 0 aliphatic carbocycles. The standard InChI is InChI=1S/C11H16FN3O.ClH/c12-11-2-1-10(14-13)7-9(11)8-15-3-5-16-6-4-15;/h1-2,7,14H,3-6,8,13H2;1H. The maximum atomic E-state index is 13.5. The molecular weight excluding hydrogens is 245 g/mol. The van der Waals surface area contributed by atoms with Gasteiger partial charge in [0.15, 0.2) is 0 Å². The number of hydrogen-bond acceptors (Lipinski definition) is 4. The van der Waals surface area contributed by atoms with Gasteiger partial charge in [-0.1, -0.05) is 0 Å². The number of ether oxygens (including phenoxy) is 1. The normalized spacial score (nSPS) is 16.4. The number of hydrogen-bond donors (Lipinski definition) is 2. The summed E-state index contributed by atoms with van der Waals surface area (Å²) >= 11 is 0. The van der Waals surface area contributed by atoms with Crippen LogP contribution in [0.1, 0.15) is 5.56 Å². The Bertz CT molecular complexity index is 359. The number of morpholine rings is 1. The van der Waals surface area contributed by atoms with E-state index in [0.717, 1.165) is 32.0 Å². The molecule has 1 fully saturated rings. The Morgan fingerprint density at radius 1 is 1.35 bits per heavy atom. The molecule has 0 aromatic heterocycles. The number of nitrogens with two attached hydrogens (primary N) is 1. The quantitative estimate of drug-likeness (QED) is 0.637. The molecular formula is C11H17ClFN3O. The maximum Gasteiger partial charge on any atom is 0.127 e. The first kappa shape index (κ1) is 14.2. The molecule has 1 aromatic carbocycles. The fourth-order valence-electron chi connectivity index (χ4n) is 1.79. The van der Waals surface area contributed by atoms with Gasteiger partial charge in [0.1, 0.15) is 5.82 Å². The average Bonchev–Trinajstić information content (AvgIpc) is 2.33. The Morgan fingerprint density at radius 3 is 2.71 bits per heavy atom. The van der Waals surface area contributed by atoms with E-state index < -0.39 is 0 Å². The second-order valence-corrected chi connectivity index (χ2v) is 3.84. The van der Waals surface area contributed by atoms with Crippen LogP contribution in [-0.2, 0) is 11.3 Å². The van der Waals surface area contributed by atoms with Crippen molar-refractivity contribution >= 4 is 18.1 Å². The topological polar surface area (TPSA) is 50.5 Å². The first-order valence-electron chi connectivity index (χ1n) is 5.35. The van der Waals surface area contributed by atoms with Gasteiger partial charge in [-0.25, -0.2) is 4.39 Å². The molecule has 2 rings (SSSR count). The van der Waals surface area contributed by atoms with Crippen LogP contribution in [0.15, 0.2) is 18.2 Å². The summed E-state index contributed by atoms with van der Waals surface area (Å²) in [6, 6.07) is 4.80. The lowest BCUT2D eigenvalue weighted by atomic mass is 10.1. The highest BCUT2D eigenvalue weighted by Gasteiger charge is 2.13. The van der Waals surface area contributed by atoms with Gasteiger partial charge in [0, 0.05) is 30.9 Å². The number of benzene rings is 1. The van der Waals surface area contributed by atoms with Crippen LogP contribution in [-0.4, -0.2) is 31.2 Å². The first-order valence-corrected chi connectivity index (χ1v) is 5.35. The van der Waals surface area contributed by atoms with Crippen molar-refractivity contribution in [1.29, 1.82) is 0 Å². The van der Waals surface area contributed by atoms with Crippen LogP contribution < -0.4 is 11.3 Å². The largest absolute Gasteiger partial charge is 0.379 e. The zero-order chi connectivity index (χ0) is 11.4. The van der Waals surface area contributed by atoms with Gasteiger partial charge < -0.3 is 10.2 Å². The Balaban J connectivity index is 0.00000144. The number of rotatable bonds is 3. The van der Waals surface area contributed by atoms with Crippen molar-refractivity contribution in [2.24, 2.45) is 5.84 Å². The number of nitrogens with one attached hydrogen (secondary N) is 1. The van der Waals surface area contributed by atoms with E-state index in [1.165, 1.54) is 6.07 Å². The van der Waals surface area contributed by atoms with E-state index in [0.29, 0.717) is 12.1 Å². The summed E-state index contributed by atoms with van der Waals surface area (Å²) in [5.41, 5.74) is 3.91. The van der Waals surface area contributed by atoms with Gasteiger partial charge in [-0.3, -0.25) is 10.7 Å². The summed E-state index contributed by atoms with van der Waals surface area (Å²) in [6.45, 7) is 3.73. The lowest BCUT2D eigenvalue weighted by Crippen LogP contribution is -2.35. The molecule has 0 atom stereocenters. The van der Waals surface area contributed by atoms with Crippen molar-refractivity contribution in [1.82, 2.24) is 4.90 Å². The minimum absolute atomic E-state index is 0. The molecule has 0 radical (unpaired) electrons. The number of halogens is 2. The molecule has 1 saturated heterocycles. The van der Waals surface area contributed by atoms with Gasteiger partial charge in [-0.05, 0) is 18.2 Å². The molecule has 1 aromatic rings. The number of anilines is 1. The predicted molar refractivity (Wildman–Crippen MR) is 67.6 cm³/mol. The molecule has 1 heterocycles. The van der Waals surface area contributed by atoms with E-state index in [4.69, 9.17) is 10.6 Å². The molecule has 6 heteroatoms. The lowest BCUT2D eigenvalue weighted by molar-refractivity contribution is 0.0337. The van der Waals surface area contributed by atoms with Crippen LogP contribution >= 0.6 is 12.4 Å². The van der Waals surface area contributed by atoms with Crippen LogP contribution in [0.25, 0.3) is 0 Å². The van der Waals surface area contributed by atoms with Gasteiger partial charge >= 0.3 is 0 Å². The molecule has 0 bridgehead atoms. The summed E-state index contributed by atoms with van der Waals surface area (Å²) < 4.78 is 18.8. The second kappa shape index (κ2) is 6.76. The molecule has 1 aliphatic heterocycles. The third-order valence-corrected chi connectivity index (χ3v) is 2.71. The van der Waals surface area contributed by atoms with E-state index in [1.807, 2.05) is 0 Å². The zero-order valence-corrected chi connectivity index (χ0v) is 10.3. The SMILES string of the molecule is Cl.NNc1ccc(F)c(CN2CCOCC2)c1. The highest BCUT2D eigenvalue weighted by molar-refractivity contribution is 5.85. The number of nitrogens with zero attached hydrogens (tertiary/aromatic N) is 1. The van der Waals surface area contributed by atoms with Crippen LogP contribution in [0.2, 0.25) is 0 Å². The molecule has 0 amide bonds. The van der Waals surface area contributed by atoms with Gasteiger partial charge in [0.2, 0.25) is 0 Å². The Labute approximate surface area is 106 Å². The summed E-state index contributed by atoms with van der Waals surface area (Å²) in [6.07, 6.45) is 0. The average molecular weight is 262 g/mol. The number of hydrazine groups is 1. The fourth-order valence-corrected chi connectivity index (χ4v) is 1.79. The first-order chi connectivity index (χ1) is 7.79. The van der Waals surface area contributed by atoms with Crippen molar-refractivity contribution in [3.63, 3.8) is 0 Å². The highest BCUT2D eigenvalue weighted by atomic mass is 35.5. The monoisotopic (exact) mass is 261 g/mol. The van der Waals surface area contributed by atoms with E-state index in [2.05, 4.69) is 10.3 Å². The Hall–Kier alpha value is -0.880. The fraction of sp³-hybridized carbons (Fsp3) is 0.455. The van der Waals surface area contributed by atoms with E-state index >= 15 is 0 Å². The van der Waals surface area contributed by atoms with Crippen molar-refractivity contribution in [2.75, 3.05) is 31.7 Å². The third kappa shape index (κ3) is 3.81. The van der Waals surface area contributed by atoms with E-state index in [1.54, 1.807) is 12.1 Å².